The van der Waals surface area contributed by atoms with E-state index >= 15 is 0 Å². The number of nitrogens with zero attached hydrogens (tertiary/aromatic N) is 1. The molecule has 1 fully saturated rings. The molecule has 0 spiro atoms. The molecule has 2 rings (SSSR count). The van der Waals surface area contributed by atoms with Crippen molar-refractivity contribution >= 4 is 5.91 Å². The van der Waals surface area contributed by atoms with Crippen LogP contribution in [0, 0.1) is 5.92 Å². The number of amides is 1. The van der Waals surface area contributed by atoms with Gasteiger partial charge in [0.1, 0.15) is 0 Å². The lowest BCUT2D eigenvalue weighted by atomic mass is 10.1. The van der Waals surface area contributed by atoms with Crippen LogP contribution in [-0.2, 0) is 6.54 Å². The topological polar surface area (TPSA) is 52.6 Å². The van der Waals surface area contributed by atoms with Crippen molar-refractivity contribution in [3.63, 3.8) is 0 Å². The zero-order chi connectivity index (χ0) is 15.2. The van der Waals surface area contributed by atoms with Crippen LogP contribution >= 0.6 is 0 Å². The summed E-state index contributed by atoms with van der Waals surface area (Å²) >= 11 is 0. The van der Waals surface area contributed by atoms with Gasteiger partial charge in [-0.15, -0.1) is 0 Å². The second kappa shape index (κ2) is 7.57. The highest BCUT2D eigenvalue weighted by molar-refractivity contribution is 5.94. The molecule has 1 aliphatic heterocycles. The number of aliphatic hydroxyl groups excluding tert-OH is 1. The van der Waals surface area contributed by atoms with Gasteiger partial charge in [-0.3, -0.25) is 9.69 Å². The van der Waals surface area contributed by atoms with Gasteiger partial charge < -0.3 is 10.4 Å². The number of nitrogens with one attached hydrogen (secondary N) is 1. The average molecular weight is 290 g/mol. The Balaban J connectivity index is 1.92. The van der Waals surface area contributed by atoms with Gasteiger partial charge in [0, 0.05) is 31.7 Å². The minimum absolute atomic E-state index is 0.000355. The third kappa shape index (κ3) is 5.14. The largest absolute Gasteiger partial charge is 0.393 e. The number of carbonyl (C=O) groups excluding carboxylic acids is 1. The fourth-order valence-corrected chi connectivity index (χ4v) is 2.55. The maximum atomic E-state index is 12.1. The predicted molar refractivity (Wildman–Crippen MR) is 84.1 cm³/mol. The quantitative estimate of drug-likeness (QED) is 0.872. The number of likely N-dealkylation sites (tertiary alicyclic amines) is 1. The number of carbonyl (C=O) groups is 1. The maximum Gasteiger partial charge on any atom is 0.251 e. The molecule has 0 aliphatic carbocycles. The van der Waals surface area contributed by atoms with Gasteiger partial charge in [-0.1, -0.05) is 26.0 Å². The molecule has 0 saturated carbocycles. The van der Waals surface area contributed by atoms with E-state index in [0.29, 0.717) is 12.5 Å². The van der Waals surface area contributed by atoms with Crippen LogP contribution in [0.1, 0.15) is 42.6 Å². The zero-order valence-electron chi connectivity index (χ0n) is 13.0. The fraction of sp³-hybridized carbons (Fsp3) is 0.588. The van der Waals surface area contributed by atoms with Crippen LogP contribution < -0.4 is 5.32 Å². The predicted octanol–water partition coefficient (Wildman–Crippen LogP) is 2.03. The smallest absolute Gasteiger partial charge is 0.251 e. The van der Waals surface area contributed by atoms with Crippen LogP contribution in [0.2, 0.25) is 0 Å². The Morgan fingerprint density at radius 3 is 2.76 bits per heavy atom. The molecular formula is C17H26N2O2. The second-order valence-corrected chi connectivity index (χ2v) is 6.31. The SMILES string of the molecule is CC(C)CNC(=O)c1cccc(CN2CCC(O)CC2)c1. The summed E-state index contributed by atoms with van der Waals surface area (Å²) in [7, 11) is 0. The average Bonchev–Trinajstić information content (AvgIpc) is 2.47. The molecular weight excluding hydrogens is 264 g/mol. The molecule has 1 aromatic rings. The molecule has 21 heavy (non-hydrogen) atoms. The molecule has 0 radical (unpaired) electrons. The molecule has 0 unspecified atom stereocenters. The van der Waals surface area contributed by atoms with Gasteiger partial charge in [0.15, 0.2) is 0 Å². The monoisotopic (exact) mass is 290 g/mol. The Morgan fingerprint density at radius 1 is 1.38 bits per heavy atom. The Kier molecular flexibility index (Phi) is 5.76. The first kappa shape index (κ1) is 16.0. The second-order valence-electron chi connectivity index (χ2n) is 6.31. The van der Waals surface area contributed by atoms with Crippen molar-refractivity contribution in [2.45, 2.75) is 39.3 Å². The van der Waals surface area contributed by atoms with E-state index in [1.165, 1.54) is 0 Å². The number of aliphatic hydroxyl groups is 1. The van der Waals surface area contributed by atoms with E-state index in [2.05, 4.69) is 30.1 Å². The van der Waals surface area contributed by atoms with Gasteiger partial charge in [-0.05, 0) is 36.5 Å². The van der Waals surface area contributed by atoms with Crippen molar-refractivity contribution in [1.82, 2.24) is 10.2 Å². The van der Waals surface area contributed by atoms with Crippen molar-refractivity contribution in [2.75, 3.05) is 19.6 Å². The normalized spacial score (nSPS) is 17.1. The van der Waals surface area contributed by atoms with Gasteiger partial charge in [0.2, 0.25) is 0 Å². The summed E-state index contributed by atoms with van der Waals surface area (Å²) < 4.78 is 0. The van der Waals surface area contributed by atoms with E-state index in [9.17, 15) is 9.90 Å². The van der Waals surface area contributed by atoms with E-state index in [0.717, 1.165) is 43.6 Å². The Labute approximate surface area is 127 Å². The molecule has 1 heterocycles. The lowest BCUT2D eigenvalue weighted by Gasteiger charge is -2.29. The van der Waals surface area contributed by atoms with E-state index in [-0.39, 0.29) is 12.0 Å². The third-order valence-corrected chi connectivity index (χ3v) is 3.82. The van der Waals surface area contributed by atoms with Crippen molar-refractivity contribution in [3.8, 4) is 0 Å². The lowest BCUT2D eigenvalue weighted by molar-refractivity contribution is 0.0792. The van der Waals surface area contributed by atoms with Crippen LogP contribution in [0.25, 0.3) is 0 Å². The lowest BCUT2D eigenvalue weighted by Crippen LogP contribution is -2.35. The number of hydrogen-bond donors (Lipinski definition) is 2. The summed E-state index contributed by atoms with van der Waals surface area (Å²) in [5.41, 5.74) is 1.88. The maximum absolute atomic E-state index is 12.1. The number of benzene rings is 1. The Bertz CT molecular complexity index is 466. The number of rotatable bonds is 5. The molecule has 1 aromatic carbocycles. The molecule has 1 aliphatic rings. The van der Waals surface area contributed by atoms with Crippen LogP contribution in [-0.4, -0.2) is 41.7 Å². The molecule has 116 valence electrons. The molecule has 1 amide bonds. The van der Waals surface area contributed by atoms with Gasteiger partial charge in [-0.2, -0.15) is 0 Å². The van der Waals surface area contributed by atoms with E-state index in [1.807, 2.05) is 18.2 Å². The fourth-order valence-electron chi connectivity index (χ4n) is 2.55. The van der Waals surface area contributed by atoms with Crippen molar-refractivity contribution < 1.29 is 9.90 Å². The molecule has 2 N–H and O–H groups in total. The van der Waals surface area contributed by atoms with E-state index in [1.54, 1.807) is 0 Å². The summed E-state index contributed by atoms with van der Waals surface area (Å²) in [6.07, 6.45) is 1.54. The number of hydrogen-bond acceptors (Lipinski definition) is 3. The van der Waals surface area contributed by atoms with Crippen molar-refractivity contribution in [3.05, 3.63) is 35.4 Å². The highest BCUT2D eigenvalue weighted by Crippen LogP contribution is 2.14. The standard InChI is InChI=1S/C17H26N2O2/c1-13(2)11-18-17(21)15-5-3-4-14(10-15)12-19-8-6-16(20)7-9-19/h3-5,10,13,16,20H,6-9,11-12H2,1-2H3,(H,18,21). The molecule has 4 heteroatoms. The van der Waals surface area contributed by atoms with Crippen LogP contribution in [0.3, 0.4) is 0 Å². The summed E-state index contributed by atoms with van der Waals surface area (Å²) in [6.45, 7) is 7.56. The molecule has 0 aromatic heterocycles. The summed E-state index contributed by atoms with van der Waals surface area (Å²) in [4.78, 5) is 14.4. The molecule has 1 saturated heterocycles. The third-order valence-electron chi connectivity index (χ3n) is 3.82. The summed E-state index contributed by atoms with van der Waals surface area (Å²) in [5.74, 6) is 0.455. The number of piperidine rings is 1. The molecule has 0 bridgehead atoms. The zero-order valence-corrected chi connectivity index (χ0v) is 13.0. The summed E-state index contributed by atoms with van der Waals surface area (Å²) in [5, 5.41) is 12.5. The van der Waals surface area contributed by atoms with Crippen LogP contribution in [0.15, 0.2) is 24.3 Å². The first-order valence-corrected chi connectivity index (χ1v) is 7.82. The highest BCUT2D eigenvalue weighted by Gasteiger charge is 2.17. The molecule has 4 nitrogen and oxygen atoms in total. The Hall–Kier alpha value is -1.39. The van der Waals surface area contributed by atoms with Crippen molar-refractivity contribution in [1.29, 1.82) is 0 Å². The first-order chi connectivity index (χ1) is 10.0. The highest BCUT2D eigenvalue weighted by atomic mass is 16.3. The van der Waals surface area contributed by atoms with Gasteiger partial charge in [-0.25, -0.2) is 0 Å². The minimum Gasteiger partial charge on any atom is -0.393 e. The minimum atomic E-state index is -0.144. The Morgan fingerprint density at radius 2 is 2.10 bits per heavy atom. The van der Waals surface area contributed by atoms with E-state index < -0.39 is 0 Å². The summed E-state index contributed by atoms with van der Waals surface area (Å²) in [6, 6.07) is 7.84. The van der Waals surface area contributed by atoms with Crippen LogP contribution in [0.5, 0.6) is 0 Å². The van der Waals surface area contributed by atoms with Gasteiger partial charge in [0.05, 0.1) is 6.10 Å². The van der Waals surface area contributed by atoms with Gasteiger partial charge in [0.25, 0.3) is 5.91 Å². The van der Waals surface area contributed by atoms with Gasteiger partial charge >= 0.3 is 0 Å². The van der Waals surface area contributed by atoms with E-state index in [4.69, 9.17) is 0 Å². The van der Waals surface area contributed by atoms with Crippen molar-refractivity contribution in [2.24, 2.45) is 5.92 Å². The van der Waals surface area contributed by atoms with Crippen LogP contribution in [0.4, 0.5) is 0 Å². The molecule has 0 atom stereocenters. The first-order valence-electron chi connectivity index (χ1n) is 7.82.